The summed E-state index contributed by atoms with van der Waals surface area (Å²) in [6, 6.07) is 0. The Morgan fingerprint density at radius 2 is 1.33 bits per heavy atom. The van der Waals surface area contributed by atoms with Crippen LogP contribution in [0.2, 0.25) is 0 Å². The summed E-state index contributed by atoms with van der Waals surface area (Å²) in [5.41, 5.74) is 0. The van der Waals surface area contributed by atoms with Crippen LogP contribution in [0.15, 0.2) is 0 Å². The van der Waals surface area contributed by atoms with Crippen LogP contribution in [0.3, 0.4) is 0 Å². The second-order valence-corrected chi connectivity index (χ2v) is 6.74. The lowest BCUT2D eigenvalue weighted by Gasteiger charge is -2.18. The normalized spacial score (nSPS) is 12.7. The van der Waals surface area contributed by atoms with Crippen molar-refractivity contribution >= 4 is 9.53 Å². The molecule has 0 aliphatic rings. The van der Waals surface area contributed by atoms with E-state index < -0.39 is 44.4 Å². The van der Waals surface area contributed by atoms with Crippen molar-refractivity contribution in [1.29, 1.82) is 0 Å². The molecule has 1 aromatic rings. The molecule has 0 fully saturated rings. The topological polar surface area (TPSA) is 36.9 Å². The smallest absolute Gasteiger partial charge is 0.483 e. The Bertz CT molecular complexity index is 513. The van der Waals surface area contributed by atoms with E-state index in [0.29, 0.717) is 19.3 Å². The molecule has 1 rings (SSSR count). The highest BCUT2D eigenvalue weighted by Gasteiger charge is 2.26. The van der Waals surface area contributed by atoms with Crippen LogP contribution < -0.4 is 4.74 Å². The third-order valence-electron chi connectivity index (χ3n) is 3.15. The molecule has 1 aromatic carbocycles. The number of halogens is 5. The maximum absolute atomic E-state index is 13.4. The SMILES string of the molecule is CO[SiH](OC)OC(C)CCCCOc1c(F)c(F)c(F)c(F)c1F. The average Bonchev–Trinajstić information content (AvgIpc) is 2.58. The largest absolute Gasteiger partial charge is 0.487 e. The number of unbranched alkanes of at least 4 members (excludes halogenated alkanes) is 1. The highest BCUT2D eigenvalue weighted by Crippen LogP contribution is 2.29. The molecule has 0 N–H and O–H groups in total. The summed E-state index contributed by atoms with van der Waals surface area (Å²) in [4.78, 5) is 0. The van der Waals surface area contributed by atoms with E-state index in [9.17, 15) is 22.0 Å². The Hall–Kier alpha value is -1.23. The van der Waals surface area contributed by atoms with Crippen molar-refractivity contribution in [3.8, 4) is 5.75 Å². The summed E-state index contributed by atoms with van der Waals surface area (Å²) in [7, 11) is 0.817. The molecule has 4 nitrogen and oxygen atoms in total. The van der Waals surface area contributed by atoms with Gasteiger partial charge >= 0.3 is 9.53 Å². The fourth-order valence-electron chi connectivity index (χ4n) is 1.88. The summed E-state index contributed by atoms with van der Waals surface area (Å²) >= 11 is 0. The third-order valence-corrected chi connectivity index (χ3v) is 4.61. The molecule has 0 aliphatic carbocycles. The van der Waals surface area contributed by atoms with Gasteiger partial charge < -0.3 is 18.0 Å². The number of ether oxygens (including phenoxy) is 1. The molecule has 0 aromatic heterocycles. The molecule has 0 radical (unpaired) electrons. The molecule has 138 valence electrons. The van der Waals surface area contributed by atoms with E-state index in [4.69, 9.17) is 18.0 Å². The van der Waals surface area contributed by atoms with E-state index >= 15 is 0 Å². The van der Waals surface area contributed by atoms with Crippen LogP contribution in [0.4, 0.5) is 22.0 Å². The van der Waals surface area contributed by atoms with E-state index in [1.165, 1.54) is 14.2 Å². The van der Waals surface area contributed by atoms with E-state index in [1.807, 2.05) is 6.92 Å². The quantitative estimate of drug-likeness (QED) is 0.207. The van der Waals surface area contributed by atoms with E-state index in [0.717, 1.165) is 0 Å². The van der Waals surface area contributed by atoms with Gasteiger partial charge in [0, 0.05) is 20.3 Å². The first-order chi connectivity index (χ1) is 11.3. The lowest BCUT2D eigenvalue weighted by atomic mass is 10.2. The minimum absolute atomic E-state index is 0.157. The van der Waals surface area contributed by atoms with Crippen molar-refractivity contribution in [3.63, 3.8) is 0 Å². The first-order valence-electron chi connectivity index (χ1n) is 7.18. The molecular formula is C14H19F5O4Si. The summed E-state index contributed by atoms with van der Waals surface area (Å²) in [5, 5.41) is 0. The average molecular weight is 374 g/mol. The molecule has 1 atom stereocenters. The van der Waals surface area contributed by atoms with Gasteiger partial charge in [0.05, 0.1) is 6.61 Å². The van der Waals surface area contributed by atoms with Gasteiger partial charge in [0.1, 0.15) is 0 Å². The van der Waals surface area contributed by atoms with E-state index in [2.05, 4.69) is 0 Å². The van der Waals surface area contributed by atoms with Crippen LogP contribution in [0.5, 0.6) is 5.75 Å². The van der Waals surface area contributed by atoms with Crippen LogP contribution >= 0.6 is 0 Å². The molecule has 10 heteroatoms. The van der Waals surface area contributed by atoms with Crippen molar-refractivity contribution < 1.29 is 40.0 Å². The van der Waals surface area contributed by atoms with Crippen molar-refractivity contribution in [3.05, 3.63) is 29.1 Å². The fourth-order valence-corrected chi connectivity index (χ4v) is 2.81. The molecule has 0 spiro atoms. The highest BCUT2D eigenvalue weighted by atomic mass is 28.3. The summed E-state index contributed by atoms with van der Waals surface area (Å²) in [6.07, 6.45) is 1.34. The van der Waals surface area contributed by atoms with Crippen molar-refractivity contribution in [2.75, 3.05) is 20.8 Å². The Kier molecular flexibility index (Phi) is 8.60. The summed E-state index contributed by atoms with van der Waals surface area (Å²) < 4.78 is 85.8. The van der Waals surface area contributed by atoms with Gasteiger partial charge in [-0.2, -0.15) is 8.78 Å². The first kappa shape index (κ1) is 20.8. The number of benzene rings is 1. The summed E-state index contributed by atoms with van der Waals surface area (Å²) in [6.45, 7) is 1.61. The van der Waals surface area contributed by atoms with Gasteiger partial charge in [-0.25, -0.2) is 13.2 Å². The predicted molar refractivity (Wildman–Crippen MR) is 77.3 cm³/mol. The van der Waals surface area contributed by atoms with Gasteiger partial charge in [-0.05, 0) is 26.2 Å². The van der Waals surface area contributed by atoms with E-state index in [-0.39, 0.29) is 12.7 Å². The van der Waals surface area contributed by atoms with Gasteiger partial charge in [0.25, 0.3) is 0 Å². The zero-order valence-electron chi connectivity index (χ0n) is 13.5. The zero-order valence-corrected chi connectivity index (χ0v) is 14.7. The van der Waals surface area contributed by atoms with Gasteiger partial charge in [-0.15, -0.1) is 0 Å². The molecule has 0 saturated heterocycles. The van der Waals surface area contributed by atoms with Gasteiger partial charge in [-0.1, -0.05) is 0 Å². The molecular weight excluding hydrogens is 355 g/mol. The summed E-state index contributed by atoms with van der Waals surface area (Å²) in [5.74, 6) is -11.5. The molecule has 0 saturated carbocycles. The zero-order chi connectivity index (χ0) is 18.3. The van der Waals surface area contributed by atoms with Crippen LogP contribution in [-0.4, -0.2) is 36.5 Å². The standard InChI is InChI=1S/C14H19F5O4Si/c1-8(23-24(20-2)21-3)6-4-5-7-22-14-12(18)10(16)9(15)11(17)13(14)19/h8,24H,4-7H2,1-3H3. The first-order valence-corrected chi connectivity index (χ1v) is 8.60. The molecule has 0 amide bonds. The Labute approximate surface area is 138 Å². The molecule has 0 heterocycles. The van der Waals surface area contributed by atoms with Gasteiger partial charge in [0.2, 0.25) is 29.1 Å². The van der Waals surface area contributed by atoms with E-state index in [1.54, 1.807) is 0 Å². The molecule has 24 heavy (non-hydrogen) atoms. The maximum atomic E-state index is 13.4. The maximum Gasteiger partial charge on any atom is 0.483 e. The monoisotopic (exact) mass is 374 g/mol. The predicted octanol–water partition coefficient (Wildman–Crippen LogP) is 3.35. The Morgan fingerprint density at radius 1 is 0.833 bits per heavy atom. The highest BCUT2D eigenvalue weighted by molar-refractivity contribution is 6.36. The lowest BCUT2D eigenvalue weighted by Crippen LogP contribution is -2.28. The second-order valence-electron chi connectivity index (χ2n) is 4.95. The fraction of sp³-hybridized carbons (Fsp3) is 0.571. The van der Waals surface area contributed by atoms with Crippen molar-refractivity contribution in [2.45, 2.75) is 32.3 Å². The lowest BCUT2D eigenvalue weighted by molar-refractivity contribution is 0.0886. The van der Waals surface area contributed by atoms with Gasteiger partial charge in [0.15, 0.2) is 5.75 Å². The van der Waals surface area contributed by atoms with Crippen LogP contribution in [0.1, 0.15) is 26.2 Å². The molecule has 0 bridgehead atoms. The van der Waals surface area contributed by atoms with Gasteiger partial charge in [-0.3, -0.25) is 0 Å². The molecule has 0 aliphatic heterocycles. The third kappa shape index (κ3) is 5.40. The Morgan fingerprint density at radius 3 is 1.83 bits per heavy atom. The van der Waals surface area contributed by atoms with Crippen molar-refractivity contribution in [2.24, 2.45) is 0 Å². The minimum Gasteiger partial charge on any atom is -0.487 e. The number of hydrogen-bond donors (Lipinski definition) is 0. The Balaban J connectivity index is 2.44. The number of rotatable bonds is 10. The second kappa shape index (κ2) is 9.92. The molecule has 1 unspecified atom stereocenters. The number of hydrogen-bond acceptors (Lipinski definition) is 4. The van der Waals surface area contributed by atoms with Crippen molar-refractivity contribution in [1.82, 2.24) is 0 Å². The minimum atomic E-state index is -2.21. The van der Waals surface area contributed by atoms with Crippen LogP contribution in [-0.2, 0) is 13.3 Å². The van der Waals surface area contributed by atoms with Crippen LogP contribution in [0, 0.1) is 29.1 Å². The van der Waals surface area contributed by atoms with Crippen LogP contribution in [0.25, 0.3) is 0 Å².